The molecule has 0 atom stereocenters. The highest BCUT2D eigenvalue weighted by Crippen LogP contribution is 2.36. The van der Waals surface area contributed by atoms with E-state index in [2.05, 4.69) is 101 Å². The van der Waals surface area contributed by atoms with Crippen LogP contribution in [0.3, 0.4) is 0 Å². The summed E-state index contributed by atoms with van der Waals surface area (Å²) in [5.74, 6) is 6.99. The van der Waals surface area contributed by atoms with Crippen LogP contribution in [0.1, 0.15) is 16.7 Å². The van der Waals surface area contributed by atoms with E-state index in [-0.39, 0.29) is 6.03 Å². The molecule has 1 heterocycles. The summed E-state index contributed by atoms with van der Waals surface area (Å²) >= 11 is 0. The summed E-state index contributed by atoms with van der Waals surface area (Å²) in [7, 11) is 3.22. The first-order valence-corrected chi connectivity index (χ1v) is 12.0. The number of hydrazone groups is 1. The molecule has 5 nitrogen and oxygen atoms in total. The summed E-state index contributed by atoms with van der Waals surface area (Å²) in [6.45, 7) is 0. The third-order valence-corrected chi connectivity index (χ3v) is 6.48. The van der Waals surface area contributed by atoms with E-state index in [0.717, 1.165) is 16.7 Å². The molecule has 5 aromatic carbocycles. The summed E-state index contributed by atoms with van der Waals surface area (Å²) in [4.78, 5) is 11.8. The smallest absolute Gasteiger partial charge is 0.244 e. The molecule has 6 rings (SSSR count). The molecule has 0 spiro atoms. The summed E-state index contributed by atoms with van der Waals surface area (Å²) in [5.41, 5.74) is 9.32. The first-order chi connectivity index (χ1) is 18.1. The zero-order valence-electron chi connectivity index (χ0n) is 20.5. The Kier molecular flexibility index (Phi) is 5.55. The molecule has 5 aromatic rings. The molecule has 0 bridgehead atoms. The zero-order valence-corrected chi connectivity index (χ0v) is 20.5. The fourth-order valence-electron chi connectivity index (χ4n) is 4.61. The number of nitrogens with zero attached hydrogens (tertiary/aromatic N) is 4. The minimum absolute atomic E-state index is 0.272. The number of amidine groups is 1. The Labute approximate surface area is 215 Å². The van der Waals surface area contributed by atoms with Gasteiger partial charge in [0.05, 0.1) is 0 Å². The predicted octanol–water partition coefficient (Wildman–Crippen LogP) is 6.24. The van der Waals surface area contributed by atoms with Crippen LogP contribution >= 0.6 is 0 Å². The zero-order chi connectivity index (χ0) is 25.4. The third-order valence-electron chi connectivity index (χ3n) is 6.48. The first kappa shape index (κ1) is 22.4. The van der Waals surface area contributed by atoms with Gasteiger partial charge in [0.1, 0.15) is 0 Å². The van der Waals surface area contributed by atoms with Crippen LogP contribution in [0.25, 0.3) is 32.7 Å². The monoisotopic (exact) mass is 479 g/mol. The van der Waals surface area contributed by atoms with Crippen molar-refractivity contribution in [3.63, 3.8) is 0 Å². The van der Waals surface area contributed by atoms with E-state index < -0.39 is 0 Å². The largest absolute Gasteiger partial charge is 0.360 e. The molecule has 0 unspecified atom stereocenters. The topological polar surface area (TPSA) is 50.0 Å². The first-order valence-electron chi connectivity index (χ1n) is 12.0. The number of hydrogen-bond acceptors (Lipinski definition) is 2. The van der Waals surface area contributed by atoms with Gasteiger partial charge in [-0.1, -0.05) is 72.5 Å². The fraction of sp³-hybridized carbons (Fsp3) is 0.0625. The van der Waals surface area contributed by atoms with E-state index in [0.29, 0.717) is 5.84 Å². The SMILES string of the molecule is CN1[N]C(c2ccc(C#Cc3ccc(-c4c5ccccc5cc5ccccc45)cc3)cc2)=NN(C)C1=O. The number of carbonyl (C=O) groups is 1. The molecule has 0 saturated heterocycles. The van der Waals surface area contributed by atoms with Crippen molar-refractivity contribution in [1.29, 1.82) is 0 Å². The molecule has 0 aromatic heterocycles. The van der Waals surface area contributed by atoms with E-state index >= 15 is 0 Å². The standard InChI is InChI=1S/C32H23N4O/c1-35-32(37)36(2)34-31(33-35)25-19-15-23(16-20-25)12-11-22-13-17-24(18-14-22)30-28-9-5-3-7-26(28)21-27-8-4-6-10-29(27)30/h3-10,13-21H,1-2H3. The minimum atomic E-state index is -0.272. The van der Waals surface area contributed by atoms with E-state index in [1.54, 1.807) is 14.1 Å². The van der Waals surface area contributed by atoms with E-state index in [1.807, 2.05) is 24.3 Å². The van der Waals surface area contributed by atoms with Crippen molar-refractivity contribution < 1.29 is 4.79 Å². The highest BCUT2D eigenvalue weighted by Gasteiger charge is 2.24. The van der Waals surface area contributed by atoms with Crippen LogP contribution in [0.4, 0.5) is 4.79 Å². The number of benzene rings is 5. The molecule has 1 radical (unpaired) electrons. The van der Waals surface area contributed by atoms with E-state index in [4.69, 9.17) is 0 Å². The van der Waals surface area contributed by atoms with Gasteiger partial charge in [0.2, 0.25) is 0 Å². The van der Waals surface area contributed by atoms with Gasteiger partial charge < -0.3 is 0 Å². The quantitative estimate of drug-likeness (QED) is 0.218. The van der Waals surface area contributed by atoms with Crippen molar-refractivity contribution in [3.05, 3.63) is 120 Å². The Bertz CT molecular complexity index is 1690. The van der Waals surface area contributed by atoms with Gasteiger partial charge in [-0.05, 0) is 75.1 Å². The van der Waals surface area contributed by atoms with Gasteiger partial charge in [-0.25, -0.2) is 14.8 Å². The van der Waals surface area contributed by atoms with Crippen molar-refractivity contribution in [2.45, 2.75) is 0 Å². The second kappa shape index (κ2) is 9.18. The normalized spacial score (nSPS) is 13.2. The Hall–Kier alpha value is -5.08. The summed E-state index contributed by atoms with van der Waals surface area (Å²) in [6, 6.07) is 35.2. The van der Waals surface area contributed by atoms with Crippen molar-refractivity contribution in [2.75, 3.05) is 14.1 Å². The van der Waals surface area contributed by atoms with E-state index in [9.17, 15) is 4.79 Å². The maximum atomic E-state index is 11.8. The second-order valence-corrected chi connectivity index (χ2v) is 8.95. The third kappa shape index (κ3) is 4.26. The van der Waals surface area contributed by atoms with Crippen LogP contribution in [0.15, 0.2) is 108 Å². The molecular weight excluding hydrogens is 456 g/mol. The lowest BCUT2D eigenvalue weighted by Crippen LogP contribution is -2.48. The number of urea groups is 1. The van der Waals surface area contributed by atoms with Gasteiger partial charge in [-0.2, -0.15) is 0 Å². The molecule has 0 saturated carbocycles. The molecule has 177 valence electrons. The highest BCUT2D eigenvalue weighted by atomic mass is 16.2. The lowest BCUT2D eigenvalue weighted by atomic mass is 9.92. The predicted molar refractivity (Wildman–Crippen MR) is 149 cm³/mol. The highest BCUT2D eigenvalue weighted by molar-refractivity contribution is 6.12. The van der Waals surface area contributed by atoms with Crippen molar-refractivity contribution in [2.24, 2.45) is 5.10 Å². The van der Waals surface area contributed by atoms with Crippen LogP contribution in [0.5, 0.6) is 0 Å². The molecule has 2 amide bonds. The lowest BCUT2D eigenvalue weighted by molar-refractivity contribution is 0.155. The number of carbonyl (C=O) groups excluding carboxylic acids is 1. The second-order valence-electron chi connectivity index (χ2n) is 8.95. The molecule has 0 N–H and O–H groups in total. The Balaban J connectivity index is 1.28. The van der Waals surface area contributed by atoms with Crippen LogP contribution in [-0.4, -0.2) is 36.0 Å². The molecule has 1 aliphatic heterocycles. The van der Waals surface area contributed by atoms with Gasteiger partial charge in [-0.15, -0.1) is 10.5 Å². The Morgan fingerprint density at radius 2 is 1.14 bits per heavy atom. The van der Waals surface area contributed by atoms with Crippen LogP contribution in [0.2, 0.25) is 0 Å². The fourth-order valence-corrected chi connectivity index (χ4v) is 4.61. The average Bonchev–Trinajstić information content (AvgIpc) is 2.94. The van der Waals surface area contributed by atoms with Crippen molar-refractivity contribution >= 4 is 33.4 Å². The molecule has 0 fully saturated rings. The van der Waals surface area contributed by atoms with Crippen molar-refractivity contribution in [1.82, 2.24) is 15.4 Å². The van der Waals surface area contributed by atoms with Crippen molar-refractivity contribution in [3.8, 4) is 23.0 Å². The van der Waals surface area contributed by atoms with Gasteiger partial charge in [0.15, 0.2) is 5.84 Å². The maximum Gasteiger partial charge on any atom is 0.360 e. The van der Waals surface area contributed by atoms with E-state index in [1.165, 1.54) is 42.7 Å². The number of rotatable bonds is 2. The number of amides is 2. The van der Waals surface area contributed by atoms with Gasteiger partial charge in [0, 0.05) is 30.8 Å². The lowest BCUT2D eigenvalue weighted by Gasteiger charge is -2.26. The Morgan fingerprint density at radius 3 is 1.68 bits per heavy atom. The molecule has 37 heavy (non-hydrogen) atoms. The maximum absolute atomic E-state index is 11.8. The molecule has 0 aliphatic carbocycles. The summed E-state index contributed by atoms with van der Waals surface area (Å²) in [5, 5.41) is 11.8. The van der Waals surface area contributed by atoms with Crippen LogP contribution in [0, 0.1) is 11.8 Å². The van der Waals surface area contributed by atoms with Gasteiger partial charge in [0.25, 0.3) is 0 Å². The number of hydrogen-bond donors (Lipinski definition) is 0. The van der Waals surface area contributed by atoms with Crippen LogP contribution in [-0.2, 0) is 0 Å². The molecule has 5 heteroatoms. The summed E-state index contributed by atoms with van der Waals surface area (Å²) in [6.07, 6.45) is 0. The molecular formula is C32H23N4O. The molecule has 1 aliphatic rings. The average molecular weight is 480 g/mol. The van der Waals surface area contributed by atoms with Gasteiger partial charge in [-0.3, -0.25) is 0 Å². The van der Waals surface area contributed by atoms with Gasteiger partial charge >= 0.3 is 6.03 Å². The van der Waals surface area contributed by atoms with Crippen LogP contribution < -0.4 is 5.43 Å². The Morgan fingerprint density at radius 1 is 0.622 bits per heavy atom. The number of fused-ring (bicyclic) bond motifs is 2. The minimum Gasteiger partial charge on any atom is -0.244 e. The summed E-state index contributed by atoms with van der Waals surface area (Å²) < 4.78 is 0.